The second-order valence-electron chi connectivity index (χ2n) is 9.18. The molecular weight excluding hydrogens is 737 g/mol. The van der Waals surface area contributed by atoms with Gasteiger partial charge < -0.3 is 14.9 Å². The molecular formula is C26H24N4O15S4. The number of aliphatic hydroxyl groups excluding tert-OH is 1. The third kappa shape index (κ3) is 12.2. The molecule has 49 heavy (non-hydrogen) atoms. The minimum absolute atomic E-state index is 0.0663. The van der Waals surface area contributed by atoms with Crippen LogP contribution in [0.5, 0.6) is 11.5 Å². The van der Waals surface area contributed by atoms with Gasteiger partial charge in [-0.05, 0) is 66.8 Å². The van der Waals surface area contributed by atoms with Crippen LogP contribution in [0.25, 0.3) is 10.8 Å². The first-order chi connectivity index (χ1) is 22.8. The Morgan fingerprint density at radius 3 is 1.80 bits per heavy atom. The van der Waals surface area contributed by atoms with Crippen LogP contribution in [-0.4, -0.2) is 74.6 Å². The molecule has 0 heterocycles. The van der Waals surface area contributed by atoms with Crippen LogP contribution in [0.3, 0.4) is 0 Å². The van der Waals surface area contributed by atoms with E-state index < -0.39 is 46.3 Å². The van der Waals surface area contributed by atoms with E-state index in [-0.39, 0.29) is 52.4 Å². The number of fused-ring (bicyclic) bond motifs is 1. The lowest BCUT2D eigenvalue weighted by atomic mass is 10.0. The normalized spacial score (nSPS) is 11.4. The standard InChI is InChI=1S/C26H24N4O9S2.2O3S/c1-15-12-22(30-28-20-8-7-17-13-18(40(33,34)35)11-16(2)25(17)26(20)32)23(39-10-9-31)14-21(15)29-27-19-5-3-4-6-24(19)41(36,37)38;2*1-4(2)3/h3-8,11-14,31-32H,9-10H2,1-2H3,(H,33,34,35)(H,36,37,38);;. The highest BCUT2D eigenvalue weighted by Crippen LogP contribution is 2.41. The Balaban J connectivity index is 0.000000939. The van der Waals surface area contributed by atoms with Crippen molar-refractivity contribution in [2.45, 2.75) is 23.6 Å². The number of ether oxygens (including phenoxy) is 1. The van der Waals surface area contributed by atoms with Crippen LogP contribution in [-0.2, 0) is 41.5 Å². The molecule has 262 valence electrons. The van der Waals surface area contributed by atoms with Gasteiger partial charge in [0.25, 0.3) is 20.2 Å². The van der Waals surface area contributed by atoms with Gasteiger partial charge in [-0.3, -0.25) is 9.11 Å². The van der Waals surface area contributed by atoms with Crippen molar-refractivity contribution in [1.29, 1.82) is 0 Å². The number of aliphatic hydroxyl groups is 1. The first kappa shape index (κ1) is 40.1. The lowest BCUT2D eigenvalue weighted by Crippen LogP contribution is -2.01. The van der Waals surface area contributed by atoms with Gasteiger partial charge in [0, 0.05) is 11.5 Å². The van der Waals surface area contributed by atoms with Gasteiger partial charge >= 0.3 is 21.2 Å². The number of aryl methyl sites for hydroxylation is 2. The van der Waals surface area contributed by atoms with Gasteiger partial charge in [-0.15, -0.1) is 40.6 Å². The van der Waals surface area contributed by atoms with Crippen molar-refractivity contribution in [3.8, 4) is 11.5 Å². The minimum atomic E-state index is -4.53. The summed E-state index contributed by atoms with van der Waals surface area (Å²) in [5.41, 5.74) is 1.41. The zero-order chi connectivity index (χ0) is 37.1. The third-order valence-electron chi connectivity index (χ3n) is 5.84. The summed E-state index contributed by atoms with van der Waals surface area (Å²) in [6, 6.07) is 13.9. The van der Waals surface area contributed by atoms with E-state index in [1.54, 1.807) is 19.9 Å². The summed E-state index contributed by atoms with van der Waals surface area (Å²) in [7, 11) is -15.2. The Bertz CT molecular complexity index is 2340. The molecule has 0 fully saturated rings. The van der Waals surface area contributed by atoms with E-state index in [4.69, 9.17) is 30.0 Å². The maximum absolute atomic E-state index is 11.6. The van der Waals surface area contributed by atoms with Gasteiger partial charge in [0.05, 0.1) is 17.2 Å². The monoisotopic (exact) mass is 760 g/mol. The first-order valence-corrected chi connectivity index (χ1v) is 17.7. The molecule has 0 bridgehead atoms. The van der Waals surface area contributed by atoms with Crippen LogP contribution < -0.4 is 4.74 Å². The molecule has 0 spiro atoms. The summed E-state index contributed by atoms with van der Waals surface area (Å²) >= 11 is 0. The van der Waals surface area contributed by atoms with Gasteiger partial charge in [0.2, 0.25) is 0 Å². The molecule has 19 nitrogen and oxygen atoms in total. The highest BCUT2D eigenvalue weighted by molar-refractivity contribution is 7.86. The molecule has 4 rings (SSSR count). The fourth-order valence-electron chi connectivity index (χ4n) is 3.93. The maximum Gasteiger partial charge on any atom is 0.425 e. The van der Waals surface area contributed by atoms with Crippen LogP contribution in [0, 0.1) is 13.8 Å². The fourth-order valence-corrected chi connectivity index (χ4v) is 5.16. The van der Waals surface area contributed by atoms with Crippen LogP contribution in [0.4, 0.5) is 22.7 Å². The second-order valence-corrected chi connectivity index (χ2v) is 12.8. The van der Waals surface area contributed by atoms with Crippen LogP contribution in [0.1, 0.15) is 11.1 Å². The van der Waals surface area contributed by atoms with Crippen molar-refractivity contribution in [3.63, 3.8) is 0 Å². The number of azo groups is 2. The Labute approximate surface area is 280 Å². The second kappa shape index (κ2) is 17.4. The lowest BCUT2D eigenvalue weighted by molar-refractivity contribution is 0.202. The molecule has 0 aliphatic rings. The Morgan fingerprint density at radius 2 is 1.22 bits per heavy atom. The van der Waals surface area contributed by atoms with Crippen molar-refractivity contribution in [3.05, 3.63) is 71.8 Å². The van der Waals surface area contributed by atoms with Gasteiger partial charge in [-0.1, -0.05) is 18.2 Å². The van der Waals surface area contributed by atoms with Crippen LogP contribution >= 0.6 is 0 Å². The maximum atomic E-state index is 11.6. The summed E-state index contributed by atoms with van der Waals surface area (Å²) in [5, 5.41) is 37.2. The fraction of sp³-hybridized carbons (Fsp3) is 0.154. The molecule has 0 saturated heterocycles. The zero-order valence-corrected chi connectivity index (χ0v) is 28.2. The first-order valence-electron chi connectivity index (χ1n) is 12.8. The number of phenolic OH excluding ortho intramolecular Hbond substituents is 1. The predicted molar refractivity (Wildman–Crippen MR) is 168 cm³/mol. The lowest BCUT2D eigenvalue weighted by Gasteiger charge is -2.11. The van der Waals surface area contributed by atoms with Crippen molar-refractivity contribution in [2.75, 3.05) is 13.2 Å². The number of hydrogen-bond acceptors (Lipinski definition) is 17. The quantitative estimate of drug-likeness (QED) is 0.139. The summed E-state index contributed by atoms with van der Waals surface area (Å²) in [4.78, 5) is -0.723. The summed E-state index contributed by atoms with van der Waals surface area (Å²) in [5.74, 6) is -0.109. The third-order valence-corrected chi connectivity index (χ3v) is 7.57. The number of hydrogen-bond donors (Lipinski definition) is 4. The van der Waals surface area contributed by atoms with Crippen LogP contribution in [0.2, 0.25) is 0 Å². The van der Waals surface area contributed by atoms with Gasteiger partial charge in [0.1, 0.15) is 34.3 Å². The SMILES string of the molecule is Cc1cc(N=Nc2ccc3cc(S(=O)(=O)O)cc(C)c3c2O)c(OCCO)cc1N=Nc1ccccc1S(=O)(=O)O.O=S(=O)=O.O=S(=O)=O. The number of rotatable bonds is 9. The predicted octanol–water partition coefficient (Wildman–Crippen LogP) is 3.85. The molecule has 0 aliphatic heterocycles. The molecule has 0 atom stereocenters. The molecule has 23 heteroatoms. The highest BCUT2D eigenvalue weighted by Gasteiger charge is 2.17. The molecule has 0 unspecified atom stereocenters. The van der Waals surface area contributed by atoms with E-state index in [0.29, 0.717) is 21.9 Å². The van der Waals surface area contributed by atoms with Gasteiger partial charge in [-0.25, -0.2) is 0 Å². The topological polar surface area (TPSA) is 310 Å². The minimum Gasteiger partial charge on any atom is -0.505 e. The molecule has 0 aromatic heterocycles. The summed E-state index contributed by atoms with van der Waals surface area (Å²) in [6.45, 7) is 2.86. The average Bonchev–Trinajstić information content (AvgIpc) is 2.98. The van der Waals surface area contributed by atoms with E-state index in [1.807, 2.05) is 0 Å². The summed E-state index contributed by atoms with van der Waals surface area (Å²) < 4.78 is 121. The molecule has 4 aromatic rings. The van der Waals surface area contributed by atoms with E-state index in [9.17, 15) is 36.2 Å². The highest BCUT2D eigenvalue weighted by atomic mass is 32.2. The largest absolute Gasteiger partial charge is 0.505 e. The Hall–Kier alpha value is -5.04. The number of nitrogens with zero attached hydrogens (tertiary/aromatic N) is 4. The average molecular weight is 761 g/mol. The van der Waals surface area contributed by atoms with Crippen molar-refractivity contribution < 1.29 is 66.1 Å². The van der Waals surface area contributed by atoms with E-state index in [0.717, 1.165) is 0 Å². The van der Waals surface area contributed by atoms with E-state index >= 15 is 0 Å². The zero-order valence-electron chi connectivity index (χ0n) is 24.9. The van der Waals surface area contributed by atoms with Gasteiger partial charge in [-0.2, -0.15) is 21.9 Å². The van der Waals surface area contributed by atoms with E-state index in [1.165, 1.54) is 54.6 Å². The molecule has 0 saturated carbocycles. The van der Waals surface area contributed by atoms with E-state index in [2.05, 4.69) is 20.5 Å². The summed E-state index contributed by atoms with van der Waals surface area (Å²) in [6.07, 6.45) is 0. The Morgan fingerprint density at radius 1 is 0.673 bits per heavy atom. The van der Waals surface area contributed by atoms with Crippen molar-refractivity contribution in [1.82, 2.24) is 0 Å². The molecule has 0 radical (unpaired) electrons. The number of phenols is 1. The van der Waals surface area contributed by atoms with Gasteiger partial charge in [0.15, 0.2) is 5.75 Å². The van der Waals surface area contributed by atoms with Crippen LogP contribution in [0.15, 0.2) is 90.9 Å². The number of aromatic hydroxyl groups is 1. The molecule has 4 aromatic carbocycles. The molecule has 4 N–H and O–H groups in total. The smallest absolute Gasteiger partial charge is 0.425 e. The number of benzene rings is 4. The van der Waals surface area contributed by atoms with Crippen molar-refractivity contribution in [2.24, 2.45) is 20.5 Å². The molecule has 0 amide bonds. The Kier molecular flexibility index (Phi) is 14.2. The van der Waals surface area contributed by atoms with Crippen molar-refractivity contribution >= 4 is 75.0 Å². The molecule has 0 aliphatic carbocycles.